The van der Waals surface area contributed by atoms with Crippen LogP contribution in [0.15, 0.2) is 0 Å². The fraction of sp³-hybridized carbons (Fsp3) is 0.786. The molecule has 0 aromatic rings. The molecule has 1 atom stereocenters. The number of carbonyl (C=O) groups is 2. The fourth-order valence-corrected chi connectivity index (χ4v) is 1.81. The Labute approximate surface area is 134 Å². The first-order valence-electron chi connectivity index (χ1n) is 7.10. The van der Waals surface area contributed by atoms with E-state index in [0.717, 1.165) is 0 Å². The van der Waals surface area contributed by atoms with Gasteiger partial charge < -0.3 is 15.4 Å². The molecule has 0 unspecified atom stereocenters. The van der Waals surface area contributed by atoms with Crippen molar-refractivity contribution < 1.29 is 22.8 Å². The van der Waals surface area contributed by atoms with Crippen LogP contribution in [-0.4, -0.2) is 60.5 Å². The number of nitrogens with zero attached hydrogens (tertiary/aromatic N) is 2. The fourth-order valence-electron chi connectivity index (χ4n) is 1.81. The number of nitrogens with one attached hydrogen (secondary N) is 2. The Morgan fingerprint density at radius 2 is 1.87 bits per heavy atom. The highest BCUT2D eigenvalue weighted by Crippen LogP contribution is 2.16. The van der Waals surface area contributed by atoms with Crippen molar-refractivity contribution in [3.63, 3.8) is 0 Å². The first-order valence-corrected chi connectivity index (χ1v) is 7.10. The van der Waals surface area contributed by atoms with Gasteiger partial charge in [-0.2, -0.15) is 18.4 Å². The van der Waals surface area contributed by atoms with Crippen LogP contribution in [0.4, 0.5) is 13.2 Å². The molecule has 9 heteroatoms. The van der Waals surface area contributed by atoms with E-state index in [-0.39, 0.29) is 12.3 Å². The molecule has 0 aromatic carbocycles. The van der Waals surface area contributed by atoms with Crippen molar-refractivity contribution in [2.24, 2.45) is 0 Å². The van der Waals surface area contributed by atoms with Gasteiger partial charge in [0.05, 0.1) is 12.1 Å². The molecule has 1 saturated heterocycles. The molecule has 132 valence electrons. The molecule has 6 nitrogen and oxygen atoms in total. The predicted molar refractivity (Wildman–Crippen MR) is 78.5 cm³/mol. The maximum absolute atomic E-state index is 12.0. The minimum Gasteiger partial charge on any atom is -0.346 e. The Bertz CT molecular complexity index is 454. The highest BCUT2D eigenvalue weighted by Gasteiger charge is 2.35. The van der Waals surface area contributed by atoms with Crippen molar-refractivity contribution in [1.29, 1.82) is 5.26 Å². The molecule has 0 saturated carbocycles. The smallest absolute Gasteiger partial charge is 0.346 e. The number of alkyl halides is 3. The number of amides is 1. The van der Waals surface area contributed by atoms with Crippen molar-refractivity contribution >= 4 is 11.7 Å². The van der Waals surface area contributed by atoms with Crippen LogP contribution in [0.25, 0.3) is 0 Å². The van der Waals surface area contributed by atoms with E-state index in [4.69, 9.17) is 5.26 Å². The van der Waals surface area contributed by atoms with E-state index in [9.17, 15) is 22.8 Å². The molecule has 1 aliphatic rings. The summed E-state index contributed by atoms with van der Waals surface area (Å²) in [5.41, 5.74) is -0.745. The second-order valence-electron chi connectivity index (χ2n) is 5.86. The van der Waals surface area contributed by atoms with Gasteiger partial charge >= 0.3 is 6.18 Å². The zero-order valence-electron chi connectivity index (χ0n) is 13.8. The topological polar surface area (TPSA) is 85.2 Å². The van der Waals surface area contributed by atoms with Gasteiger partial charge in [0.2, 0.25) is 5.91 Å². The van der Waals surface area contributed by atoms with Crippen molar-refractivity contribution in [1.82, 2.24) is 15.5 Å². The average Bonchev–Trinajstić information content (AvgIpc) is 2.43. The molecule has 1 aliphatic heterocycles. The SMILES string of the molecule is CC(C)(C#N)N1CCN[C@H](C(=O)NCC(F)(F)F)C1.CC(C)=O. The van der Waals surface area contributed by atoms with Crippen molar-refractivity contribution in [3.8, 4) is 6.07 Å². The molecule has 1 fully saturated rings. The van der Waals surface area contributed by atoms with Gasteiger partial charge in [-0.05, 0) is 27.7 Å². The molecule has 2 N–H and O–H groups in total. The van der Waals surface area contributed by atoms with Gasteiger partial charge in [-0.25, -0.2) is 0 Å². The minimum atomic E-state index is -4.42. The Kier molecular flexibility index (Phi) is 8.20. The molecule has 0 radical (unpaired) electrons. The number of hydrogen-bond acceptors (Lipinski definition) is 5. The lowest BCUT2D eigenvalue weighted by Gasteiger charge is -2.39. The highest BCUT2D eigenvalue weighted by atomic mass is 19.4. The number of carbonyl (C=O) groups excluding carboxylic acids is 2. The van der Waals surface area contributed by atoms with Gasteiger partial charge in [-0.3, -0.25) is 9.69 Å². The molecular weight excluding hydrogens is 313 g/mol. The van der Waals surface area contributed by atoms with E-state index in [1.165, 1.54) is 13.8 Å². The standard InChI is InChI=1S/C11H17F3N4O.C3H6O/c1-10(2,6-15)18-4-3-16-8(5-18)9(19)17-7-11(12,13)14;1-3(2)4/h8,16H,3-5,7H2,1-2H3,(H,17,19);1-2H3/t8-;/m0./s1. The minimum absolute atomic E-state index is 0.167. The van der Waals surface area contributed by atoms with Gasteiger partial charge in [-0.1, -0.05) is 0 Å². The number of nitriles is 1. The first-order chi connectivity index (χ1) is 10.4. The summed E-state index contributed by atoms with van der Waals surface area (Å²) in [6.07, 6.45) is -4.42. The van der Waals surface area contributed by atoms with Gasteiger partial charge in [0.15, 0.2) is 0 Å². The Hall–Kier alpha value is -1.66. The van der Waals surface area contributed by atoms with E-state index in [1.54, 1.807) is 18.7 Å². The van der Waals surface area contributed by atoms with Crippen LogP contribution in [0.5, 0.6) is 0 Å². The number of Topliss-reactive ketones (excluding diaryl/α,β-unsaturated/α-hetero) is 1. The molecular formula is C14H23F3N4O2. The van der Waals surface area contributed by atoms with Crippen LogP contribution in [0.1, 0.15) is 27.7 Å². The first kappa shape index (κ1) is 21.3. The maximum atomic E-state index is 12.0. The molecule has 1 rings (SSSR count). The number of piperazine rings is 1. The summed E-state index contributed by atoms with van der Waals surface area (Å²) in [4.78, 5) is 22.8. The number of hydrogen-bond donors (Lipinski definition) is 2. The predicted octanol–water partition coefficient (Wildman–Crippen LogP) is 0.836. The summed E-state index contributed by atoms with van der Waals surface area (Å²) in [6.45, 7) is 6.38. The monoisotopic (exact) mass is 336 g/mol. The van der Waals surface area contributed by atoms with Crippen LogP contribution in [-0.2, 0) is 9.59 Å². The van der Waals surface area contributed by atoms with E-state index < -0.39 is 30.2 Å². The molecule has 0 bridgehead atoms. The third kappa shape index (κ3) is 9.15. The Balaban J connectivity index is 0.00000108. The third-order valence-electron chi connectivity index (χ3n) is 3.02. The lowest BCUT2D eigenvalue weighted by molar-refractivity contribution is -0.140. The normalized spacial score (nSPS) is 19.1. The quantitative estimate of drug-likeness (QED) is 0.798. The summed E-state index contributed by atoms with van der Waals surface area (Å²) in [5.74, 6) is -0.532. The van der Waals surface area contributed by atoms with Crippen LogP contribution >= 0.6 is 0 Å². The second kappa shape index (κ2) is 8.84. The van der Waals surface area contributed by atoms with Crippen LogP contribution < -0.4 is 10.6 Å². The van der Waals surface area contributed by atoms with E-state index in [2.05, 4.69) is 11.4 Å². The Morgan fingerprint density at radius 1 is 1.35 bits per heavy atom. The molecule has 23 heavy (non-hydrogen) atoms. The van der Waals surface area contributed by atoms with Crippen LogP contribution in [0, 0.1) is 11.3 Å². The molecule has 1 amide bonds. The van der Waals surface area contributed by atoms with Gasteiger partial charge in [-0.15, -0.1) is 0 Å². The summed E-state index contributed by atoms with van der Waals surface area (Å²) < 4.78 is 36.0. The molecule has 0 aliphatic carbocycles. The Morgan fingerprint density at radius 3 is 2.30 bits per heavy atom. The van der Waals surface area contributed by atoms with Crippen LogP contribution in [0.2, 0.25) is 0 Å². The van der Waals surface area contributed by atoms with Crippen molar-refractivity contribution in [2.75, 3.05) is 26.2 Å². The number of halogens is 3. The zero-order valence-corrected chi connectivity index (χ0v) is 13.8. The zero-order chi connectivity index (χ0) is 18.3. The van der Waals surface area contributed by atoms with E-state index in [1.807, 2.05) is 5.32 Å². The lowest BCUT2D eigenvalue weighted by Crippen LogP contribution is -2.61. The van der Waals surface area contributed by atoms with Gasteiger partial charge in [0, 0.05) is 19.6 Å². The highest BCUT2D eigenvalue weighted by molar-refractivity contribution is 5.82. The van der Waals surface area contributed by atoms with E-state index in [0.29, 0.717) is 13.1 Å². The average molecular weight is 336 g/mol. The molecule has 0 spiro atoms. The molecule has 1 heterocycles. The summed E-state index contributed by atoms with van der Waals surface area (Å²) in [6, 6.07) is 1.38. The largest absolute Gasteiger partial charge is 0.405 e. The summed E-state index contributed by atoms with van der Waals surface area (Å²) >= 11 is 0. The number of ketones is 1. The van der Waals surface area contributed by atoms with Gasteiger partial charge in [0.1, 0.15) is 17.9 Å². The summed E-state index contributed by atoms with van der Waals surface area (Å²) in [5, 5.41) is 13.7. The molecule has 0 aromatic heterocycles. The van der Waals surface area contributed by atoms with Crippen molar-refractivity contribution in [2.45, 2.75) is 45.5 Å². The van der Waals surface area contributed by atoms with Gasteiger partial charge in [0.25, 0.3) is 0 Å². The maximum Gasteiger partial charge on any atom is 0.405 e. The third-order valence-corrected chi connectivity index (χ3v) is 3.02. The second-order valence-corrected chi connectivity index (χ2v) is 5.86. The van der Waals surface area contributed by atoms with E-state index >= 15 is 0 Å². The van der Waals surface area contributed by atoms with Crippen molar-refractivity contribution in [3.05, 3.63) is 0 Å². The number of rotatable bonds is 3. The van der Waals surface area contributed by atoms with Crippen LogP contribution in [0.3, 0.4) is 0 Å². The summed E-state index contributed by atoms with van der Waals surface area (Å²) in [7, 11) is 0. The lowest BCUT2D eigenvalue weighted by atomic mass is 10.0.